The standard InChI is InChI=1S/C15H16F3NO3/c1-9(20)19-6-4-10(5-7-19)12-3-2-11(15(16,17)18)8-13(12)14(21)22/h2-3,8,10H,4-7H2,1H3,(H,21,22). The van der Waals surface area contributed by atoms with Crippen molar-refractivity contribution in [1.29, 1.82) is 0 Å². The van der Waals surface area contributed by atoms with Crippen LogP contribution in [0.4, 0.5) is 13.2 Å². The maximum absolute atomic E-state index is 12.7. The summed E-state index contributed by atoms with van der Waals surface area (Å²) in [6.45, 7) is 2.43. The van der Waals surface area contributed by atoms with Gasteiger partial charge in [-0.3, -0.25) is 4.79 Å². The van der Waals surface area contributed by atoms with Gasteiger partial charge >= 0.3 is 12.1 Å². The monoisotopic (exact) mass is 315 g/mol. The van der Waals surface area contributed by atoms with Gasteiger partial charge in [0.25, 0.3) is 0 Å². The van der Waals surface area contributed by atoms with E-state index >= 15 is 0 Å². The van der Waals surface area contributed by atoms with Crippen molar-refractivity contribution in [2.24, 2.45) is 0 Å². The number of nitrogens with zero attached hydrogens (tertiary/aromatic N) is 1. The van der Waals surface area contributed by atoms with E-state index in [1.165, 1.54) is 13.0 Å². The van der Waals surface area contributed by atoms with Crippen LogP contribution in [0, 0.1) is 0 Å². The van der Waals surface area contributed by atoms with Crippen LogP contribution in [-0.2, 0) is 11.0 Å². The summed E-state index contributed by atoms with van der Waals surface area (Å²) in [5.74, 6) is -1.57. The molecule has 1 fully saturated rings. The van der Waals surface area contributed by atoms with Gasteiger partial charge in [-0.05, 0) is 36.5 Å². The smallest absolute Gasteiger partial charge is 0.416 e. The first-order chi connectivity index (χ1) is 10.2. The third kappa shape index (κ3) is 3.40. The number of amides is 1. The Hall–Kier alpha value is -2.05. The highest BCUT2D eigenvalue weighted by atomic mass is 19.4. The van der Waals surface area contributed by atoms with Crippen molar-refractivity contribution >= 4 is 11.9 Å². The highest BCUT2D eigenvalue weighted by molar-refractivity contribution is 5.90. The molecule has 1 amide bonds. The van der Waals surface area contributed by atoms with Crippen molar-refractivity contribution in [1.82, 2.24) is 4.90 Å². The summed E-state index contributed by atoms with van der Waals surface area (Å²) >= 11 is 0. The molecule has 0 saturated carbocycles. The van der Waals surface area contributed by atoms with Crippen LogP contribution in [0.5, 0.6) is 0 Å². The minimum absolute atomic E-state index is 0.0515. The molecule has 120 valence electrons. The SMILES string of the molecule is CC(=O)N1CCC(c2ccc(C(F)(F)F)cc2C(=O)O)CC1. The summed E-state index contributed by atoms with van der Waals surface area (Å²) < 4.78 is 38.1. The lowest BCUT2D eigenvalue weighted by Crippen LogP contribution is -2.36. The average molecular weight is 315 g/mol. The van der Waals surface area contributed by atoms with Gasteiger partial charge in [-0.1, -0.05) is 6.07 Å². The van der Waals surface area contributed by atoms with E-state index in [2.05, 4.69) is 0 Å². The maximum atomic E-state index is 12.7. The quantitative estimate of drug-likeness (QED) is 0.912. The Balaban J connectivity index is 2.28. The number of likely N-dealkylation sites (tertiary alicyclic amines) is 1. The van der Waals surface area contributed by atoms with Gasteiger partial charge in [0, 0.05) is 20.0 Å². The number of carboxylic acids is 1. The number of halogens is 3. The summed E-state index contributed by atoms with van der Waals surface area (Å²) in [5.41, 5.74) is -0.866. The molecule has 0 aliphatic carbocycles. The number of alkyl halides is 3. The molecular formula is C15H16F3NO3. The van der Waals surface area contributed by atoms with Gasteiger partial charge < -0.3 is 10.0 Å². The van der Waals surface area contributed by atoms with E-state index in [0.717, 1.165) is 6.07 Å². The molecule has 1 aromatic rings. The van der Waals surface area contributed by atoms with Crippen molar-refractivity contribution in [3.8, 4) is 0 Å². The molecule has 1 aliphatic rings. The Kier molecular flexibility index (Phi) is 4.44. The fourth-order valence-corrected chi connectivity index (χ4v) is 2.78. The molecule has 4 nitrogen and oxygen atoms in total. The van der Waals surface area contributed by atoms with E-state index in [0.29, 0.717) is 37.6 Å². The molecule has 0 unspecified atom stereocenters. The molecular weight excluding hydrogens is 299 g/mol. The largest absolute Gasteiger partial charge is 0.478 e. The van der Waals surface area contributed by atoms with Crippen LogP contribution in [0.15, 0.2) is 18.2 Å². The Morgan fingerprint density at radius 1 is 1.23 bits per heavy atom. The zero-order valence-corrected chi connectivity index (χ0v) is 12.0. The minimum Gasteiger partial charge on any atom is -0.478 e. The zero-order valence-electron chi connectivity index (χ0n) is 12.0. The normalized spacial score (nSPS) is 16.6. The molecule has 0 aromatic heterocycles. The van der Waals surface area contributed by atoms with Crippen molar-refractivity contribution in [2.45, 2.75) is 31.9 Å². The highest BCUT2D eigenvalue weighted by Gasteiger charge is 2.33. The summed E-state index contributed by atoms with van der Waals surface area (Å²) in [6.07, 6.45) is -3.48. The lowest BCUT2D eigenvalue weighted by atomic mass is 9.85. The van der Waals surface area contributed by atoms with Crippen molar-refractivity contribution in [3.63, 3.8) is 0 Å². The summed E-state index contributed by atoms with van der Waals surface area (Å²) in [6, 6.07) is 2.86. The topological polar surface area (TPSA) is 57.6 Å². The average Bonchev–Trinajstić information content (AvgIpc) is 2.45. The Morgan fingerprint density at radius 2 is 1.82 bits per heavy atom. The third-order valence-electron chi connectivity index (χ3n) is 3.99. The molecule has 0 spiro atoms. The van der Waals surface area contributed by atoms with Crippen LogP contribution in [0.1, 0.15) is 47.2 Å². The number of rotatable bonds is 2. The first-order valence-electron chi connectivity index (χ1n) is 6.90. The molecule has 0 bridgehead atoms. The van der Waals surface area contributed by atoms with Crippen LogP contribution in [0.3, 0.4) is 0 Å². The number of hydrogen-bond donors (Lipinski definition) is 1. The number of hydrogen-bond acceptors (Lipinski definition) is 2. The summed E-state index contributed by atoms with van der Waals surface area (Å²) in [7, 11) is 0. The second-order valence-electron chi connectivity index (χ2n) is 5.39. The lowest BCUT2D eigenvalue weighted by Gasteiger charge is -2.32. The van der Waals surface area contributed by atoms with Crippen LogP contribution in [0.25, 0.3) is 0 Å². The minimum atomic E-state index is -4.57. The van der Waals surface area contributed by atoms with Gasteiger partial charge in [0.15, 0.2) is 0 Å². The van der Waals surface area contributed by atoms with E-state index < -0.39 is 17.7 Å². The molecule has 1 aliphatic heterocycles. The summed E-state index contributed by atoms with van der Waals surface area (Å²) in [4.78, 5) is 24.2. The molecule has 22 heavy (non-hydrogen) atoms. The molecule has 0 atom stereocenters. The second-order valence-corrected chi connectivity index (χ2v) is 5.39. The molecule has 1 saturated heterocycles. The number of aromatic carboxylic acids is 1. The van der Waals surface area contributed by atoms with E-state index in [1.807, 2.05) is 0 Å². The first kappa shape index (κ1) is 16.3. The van der Waals surface area contributed by atoms with Crippen LogP contribution >= 0.6 is 0 Å². The zero-order chi connectivity index (χ0) is 16.5. The fourth-order valence-electron chi connectivity index (χ4n) is 2.78. The predicted molar refractivity (Wildman–Crippen MR) is 72.6 cm³/mol. The van der Waals surface area contributed by atoms with Gasteiger partial charge in [0.2, 0.25) is 5.91 Å². The molecule has 1 N–H and O–H groups in total. The van der Waals surface area contributed by atoms with Crippen LogP contribution < -0.4 is 0 Å². The molecule has 7 heteroatoms. The first-order valence-corrected chi connectivity index (χ1v) is 6.90. The lowest BCUT2D eigenvalue weighted by molar-refractivity contribution is -0.137. The number of piperidine rings is 1. The Bertz CT molecular complexity index is 590. The molecule has 1 heterocycles. The Morgan fingerprint density at radius 3 is 2.27 bits per heavy atom. The van der Waals surface area contributed by atoms with Crippen molar-refractivity contribution in [3.05, 3.63) is 34.9 Å². The Labute approximate surface area is 125 Å². The molecule has 0 radical (unpaired) electrons. The predicted octanol–water partition coefficient (Wildman–Crippen LogP) is 3.13. The highest BCUT2D eigenvalue weighted by Crippen LogP contribution is 2.35. The van der Waals surface area contributed by atoms with Gasteiger partial charge in [-0.2, -0.15) is 13.2 Å². The van der Waals surface area contributed by atoms with Crippen molar-refractivity contribution < 1.29 is 27.9 Å². The fraction of sp³-hybridized carbons (Fsp3) is 0.467. The number of carbonyl (C=O) groups is 2. The van der Waals surface area contributed by atoms with Crippen LogP contribution in [-0.4, -0.2) is 35.0 Å². The van der Waals surface area contributed by atoms with Gasteiger partial charge in [-0.25, -0.2) is 4.79 Å². The van der Waals surface area contributed by atoms with E-state index in [1.54, 1.807) is 4.90 Å². The van der Waals surface area contributed by atoms with Gasteiger partial charge in [0.05, 0.1) is 11.1 Å². The maximum Gasteiger partial charge on any atom is 0.416 e. The number of carboxylic acid groups (broad SMARTS) is 1. The van der Waals surface area contributed by atoms with Gasteiger partial charge in [0.1, 0.15) is 0 Å². The van der Waals surface area contributed by atoms with Crippen LogP contribution in [0.2, 0.25) is 0 Å². The third-order valence-corrected chi connectivity index (χ3v) is 3.99. The van der Waals surface area contributed by atoms with Gasteiger partial charge in [-0.15, -0.1) is 0 Å². The van der Waals surface area contributed by atoms with E-state index in [-0.39, 0.29) is 17.4 Å². The number of carbonyl (C=O) groups excluding carboxylic acids is 1. The molecule has 1 aromatic carbocycles. The van der Waals surface area contributed by atoms with E-state index in [9.17, 15) is 27.9 Å². The van der Waals surface area contributed by atoms with Crippen molar-refractivity contribution in [2.75, 3.05) is 13.1 Å². The summed E-state index contributed by atoms with van der Waals surface area (Å²) in [5, 5.41) is 9.19. The second kappa shape index (κ2) is 5.98. The number of benzene rings is 1. The van der Waals surface area contributed by atoms with E-state index in [4.69, 9.17) is 0 Å². The molecule has 2 rings (SSSR count).